The van der Waals surface area contributed by atoms with Gasteiger partial charge in [0.2, 0.25) is 0 Å². The van der Waals surface area contributed by atoms with Crippen LogP contribution in [0.4, 0.5) is 5.82 Å². The third-order valence-corrected chi connectivity index (χ3v) is 3.72. The Balaban J connectivity index is 1.91. The van der Waals surface area contributed by atoms with Gasteiger partial charge in [0.15, 0.2) is 0 Å². The van der Waals surface area contributed by atoms with Crippen LogP contribution in [0.5, 0.6) is 0 Å². The molecule has 2 heterocycles. The van der Waals surface area contributed by atoms with Crippen LogP contribution < -0.4 is 11.3 Å². The molecule has 5 heteroatoms. The van der Waals surface area contributed by atoms with E-state index in [0.29, 0.717) is 6.04 Å². The van der Waals surface area contributed by atoms with Crippen molar-refractivity contribution in [3.63, 3.8) is 0 Å². The third kappa shape index (κ3) is 3.41. The van der Waals surface area contributed by atoms with E-state index in [1.807, 2.05) is 12.1 Å². The van der Waals surface area contributed by atoms with E-state index in [1.165, 1.54) is 31.5 Å². The summed E-state index contributed by atoms with van der Waals surface area (Å²) in [5.74, 6) is 6.10. The topological polar surface area (TPSA) is 57.4 Å². The lowest BCUT2D eigenvalue weighted by Crippen LogP contribution is -2.41. The first kappa shape index (κ1) is 13.3. The van der Waals surface area contributed by atoms with Gasteiger partial charge < -0.3 is 10.3 Å². The zero-order chi connectivity index (χ0) is 13.0. The lowest BCUT2D eigenvalue weighted by atomic mass is 10.0. The maximum absolute atomic E-state index is 5.38. The van der Waals surface area contributed by atoms with Crippen molar-refractivity contribution in [1.82, 2.24) is 14.8 Å². The van der Waals surface area contributed by atoms with E-state index in [4.69, 9.17) is 5.84 Å². The minimum atomic E-state index is 0.684. The SMILES string of the molecule is CN1CCC(N(C)Cc2ccnc(NN)c2)CC1. The number of nitrogens with two attached hydrogens (primary N) is 1. The molecule has 0 bridgehead atoms. The van der Waals surface area contributed by atoms with Gasteiger partial charge in [-0.3, -0.25) is 4.90 Å². The smallest absolute Gasteiger partial charge is 0.140 e. The predicted molar refractivity (Wildman–Crippen MR) is 74.0 cm³/mol. The Morgan fingerprint density at radius 2 is 2.22 bits per heavy atom. The number of piperidine rings is 1. The third-order valence-electron chi connectivity index (χ3n) is 3.72. The Morgan fingerprint density at radius 3 is 2.89 bits per heavy atom. The first-order valence-corrected chi connectivity index (χ1v) is 6.49. The average Bonchev–Trinajstić information content (AvgIpc) is 2.39. The zero-order valence-corrected chi connectivity index (χ0v) is 11.3. The van der Waals surface area contributed by atoms with E-state index in [0.717, 1.165) is 12.4 Å². The molecule has 0 radical (unpaired) electrons. The minimum absolute atomic E-state index is 0.684. The molecular weight excluding hydrogens is 226 g/mol. The van der Waals surface area contributed by atoms with E-state index in [1.54, 1.807) is 6.20 Å². The quantitative estimate of drug-likeness (QED) is 0.613. The van der Waals surface area contributed by atoms with Crippen LogP contribution in [0.15, 0.2) is 18.3 Å². The fraction of sp³-hybridized carbons (Fsp3) is 0.615. The average molecular weight is 249 g/mol. The molecule has 0 aromatic carbocycles. The summed E-state index contributed by atoms with van der Waals surface area (Å²) in [5.41, 5.74) is 3.84. The van der Waals surface area contributed by atoms with Crippen molar-refractivity contribution < 1.29 is 0 Å². The summed E-state index contributed by atoms with van der Waals surface area (Å²) in [6.07, 6.45) is 4.30. The van der Waals surface area contributed by atoms with Gasteiger partial charge in [-0.25, -0.2) is 10.8 Å². The van der Waals surface area contributed by atoms with Crippen molar-refractivity contribution in [3.8, 4) is 0 Å². The number of hydrogen-bond acceptors (Lipinski definition) is 5. The second kappa shape index (κ2) is 6.13. The van der Waals surface area contributed by atoms with E-state index < -0.39 is 0 Å². The lowest BCUT2D eigenvalue weighted by molar-refractivity contribution is 0.139. The molecule has 18 heavy (non-hydrogen) atoms. The maximum atomic E-state index is 5.38. The number of hydrogen-bond donors (Lipinski definition) is 2. The van der Waals surface area contributed by atoms with Gasteiger partial charge in [0.1, 0.15) is 5.82 Å². The van der Waals surface area contributed by atoms with Crippen molar-refractivity contribution in [2.75, 3.05) is 32.6 Å². The largest absolute Gasteiger partial charge is 0.308 e. The van der Waals surface area contributed by atoms with Crippen LogP contribution in [0.2, 0.25) is 0 Å². The molecular formula is C13H23N5. The summed E-state index contributed by atoms with van der Waals surface area (Å²) in [5, 5.41) is 0. The van der Waals surface area contributed by atoms with Gasteiger partial charge in [0.25, 0.3) is 0 Å². The number of pyridine rings is 1. The summed E-state index contributed by atoms with van der Waals surface area (Å²) in [6, 6.07) is 4.74. The molecule has 5 nitrogen and oxygen atoms in total. The van der Waals surface area contributed by atoms with Gasteiger partial charge in [-0.05, 0) is 57.7 Å². The number of hydrazine groups is 1. The van der Waals surface area contributed by atoms with E-state index >= 15 is 0 Å². The highest BCUT2D eigenvalue weighted by atomic mass is 15.2. The first-order valence-electron chi connectivity index (χ1n) is 6.49. The molecule has 1 aromatic rings. The molecule has 0 atom stereocenters. The first-order chi connectivity index (χ1) is 8.69. The number of nitrogens with one attached hydrogen (secondary N) is 1. The molecule has 100 valence electrons. The number of nitrogen functional groups attached to an aromatic ring is 1. The van der Waals surface area contributed by atoms with Crippen LogP contribution in [0.1, 0.15) is 18.4 Å². The number of nitrogens with zero attached hydrogens (tertiary/aromatic N) is 3. The number of likely N-dealkylation sites (tertiary alicyclic amines) is 1. The lowest BCUT2D eigenvalue weighted by Gasteiger charge is -2.35. The van der Waals surface area contributed by atoms with Gasteiger partial charge in [-0.1, -0.05) is 0 Å². The van der Waals surface area contributed by atoms with Crippen molar-refractivity contribution in [1.29, 1.82) is 0 Å². The zero-order valence-electron chi connectivity index (χ0n) is 11.3. The fourth-order valence-electron chi connectivity index (χ4n) is 2.50. The summed E-state index contributed by atoms with van der Waals surface area (Å²) in [7, 11) is 4.39. The molecule has 1 fully saturated rings. The molecule has 1 aliphatic heterocycles. The van der Waals surface area contributed by atoms with Crippen LogP contribution in [0.3, 0.4) is 0 Å². The van der Waals surface area contributed by atoms with Gasteiger partial charge in [0.05, 0.1) is 0 Å². The molecule has 1 saturated heterocycles. The molecule has 0 spiro atoms. The summed E-state index contributed by atoms with van der Waals surface area (Å²) >= 11 is 0. The maximum Gasteiger partial charge on any atom is 0.140 e. The van der Waals surface area contributed by atoms with E-state index in [2.05, 4.69) is 34.3 Å². The highest BCUT2D eigenvalue weighted by molar-refractivity contribution is 5.35. The number of rotatable bonds is 4. The van der Waals surface area contributed by atoms with Gasteiger partial charge >= 0.3 is 0 Å². The number of anilines is 1. The van der Waals surface area contributed by atoms with E-state index in [9.17, 15) is 0 Å². The van der Waals surface area contributed by atoms with Gasteiger partial charge in [-0.2, -0.15) is 0 Å². The molecule has 0 unspecified atom stereocenters. The molecule has 0 aliphatic carbocycles. The number of aromatic nitrogens is 1. The molecule has 1 aromatic heterocycles. The van der Waals surface area contributed by atoms with Crippen molar-refractivity contribution >= 4 is 5.82 Å². The monoisotopic (exact) mass is 249 g/mol. The Kier molecular flexibility index (Phi) is 4.52. The molecule has 0 amide bonds. The summed E-state index contributed by atoms with van der Waals surface area (Å²) < 4.78 is 0. The second-order valence-electron chi connectivity index (χ2n) is 5.14. The van der Waals surface area contributed by atoms with Gasteiger partial charge in [0, 0.05) is 18.8 Å². The Bertz CT molecular complexity index is 373. The van der Waals surface area contributed by atoms with Gasteiger partial charge in [-0.15, -0.1) is 0 Å². The molecule has 2 rings (SSSR count). The minimum Gasteiger partial charge on any atom is -0.308 e. The van der Waals surface area contributed by atoms with Crippen LogP contribution in [0.25, 0.3) is 0 Å². The standard InChI is InChI=1S/C13H23N5/c1-17-7-4-12(5-8-17)18(2)10-11-3-6-15-13(9-11)16-14/h3,6,9,12H,4-5,7-8,10,14H2,1-2H3,(H,15,16). The van der Waals surface area contributed by atoms with Crippen LogP contribution in [0, 0.1) is 0 Å². The Labute approximate surface area is 109 Å². The highest BCUT2D eigenvalue weighted by Crippen LogP contribution is 2.17. The normalized spacial score (nSPS) is 18.2. The molecule has 0 saturated carbocycles. The van der Waals surface area contributed by atoms with Crippen LogP contribution in [-0.2, 0) is 6.54 Å². The Morgan fingerprint density at radius 1 is 1.50 bits per heavy atom. The van der Waals surface area contributed by atoms with Crippen molar-refractivity contribution in [3.05, 3.63) is 23.9 Å². The molecule has 1 aliphatic rings. The van der Waals surface area contributed by atoms with E-state index in [-0.39, 0.29) is 0 Å². The second-order valence-corrected chi connectivity index (χ2v) is 5.14. The highest BCUT2D eigenvalue weighted by Gasteiger charge is 2.20. The van der Waals surface area contributed by atoms with Crippen molar-refractivity contribution in [2.45, 2.75) is 25.4 Å². The molecule has 3 N–H and O–H groups in total. The van der Waals surface area contributed by atoms with Crippen LogP contribution in [-0.4, -0.2) is 48.0 Å². The summed E-state index contributed by atoms with van der Waals surface area (Å²) in [4.78, 5) is 8.96. The summed E-state index contributed by atoms with van der Waals surface area (Å²) in [6.45, 7) is 3.34. The fourth-order valence-corrected chi connectivity index (χ4v) is 2.50. The Hall–Kier alpha value is -1.17. The predicted octanol–water partition coefficient (Wildman–Crippen LogP) is 0.893. The van der Waals surface area contributed by atoms with Crippen molar-refractivity contribution in [2.24, 2.45) is 5.84 Å². The van der Waals surface area contributed by atoms with Crippen LogP contribution >= 0.6 is 0 Å².